The number of morpholine rings is 1. The van der Waals surface area contributed by atoms with E-state index in [0.717, 1.165) is 5.56 Å². The summed E-state index contributed by atoms with van der Waals surface area (Å²) >= 11 is 0. The molecule has 34 heavy (non-hydrogen) atoms. The molecule has 1 fully saturated rings. The minimum atomic E-state index is -0.476. The van der Waals surface area contributed by atoms with E-state index in [9.17, 15) is 19.7 Å². The van der Waals surface area contributed by atoms with Crippen molar-refractivity contribution in [3.63, 3.8) is 0 Å². The molecular weight excluding hydrogens is 436 g/mol. The van der Waals surface area contributed by atoms with Crippen molar-refractivity contribution in [1.29, 1.82) is 0 Å². The van der Waals surface area contributed by atoms with Crippen LogP contribution in [-0.4, -0.2) is 43.0 Å². The summed E-state index contributed by atoms with van der Waals surface area (Å²) in [5.74, 6) is -0.690. The van der Waals surface area contributed by atoms with E-state index in [1.54, 1.807) is 54.6 Å². The monoisotopic (exact) mass is 460 g/mol. The molecule has 9 heteroatoms. The zero-order chi connectivity index (χ0) is 24.1. The van der Waals surface area contributed by atoms with Gasteiger partial charge in [-0.1, -0.05) is 18.2 Å². The van der Waals surface area contributed by atoms with Gasteiger partial charge < -0.3 is 20.3 Å². The van der Waals surface area contributed by atoms with E-state index in [4.69, 9.17) is 4.74 Å². The van der Waals surface area contributed by atoms with Crippen LogP contribution in [0.15, 0.2) is 66.7 Å². The van der Waals surface area contributed by atoms with E-state index >= 15 is 0 Å². The molecule has 3 aromatic rings. The Morgan fingerprint density at radius 2 is 1.62 bits per heavy atom. The Morgan fingerprint density at radius 1 is 0.912 bits per heavy atom. The number of nitrogens with zero attached hydrogens (tertiary/aromatic N) is 2. The van der Waals surface area contributed by atoms with Crippen LogP contribution in [0.1, 0.15) is 26.3 Å². The molecule has 9 nitrogen and oxygen atoms in total. The molecule has 0 aliphatic carbocycles. The van der Waals surface area contributed by atoms with Crippen LogP contribution in [0.3, 0.4) is 0 Å². The lowest BCUT2D eigenvalue weighted by Gasteiger charge is -2.28. The Labute approximate surface area is 196 Å². The topological polar surface area (TPSA) is 114 Å². The number of carbonyl (C=O) groups is 2. The van der Waals surface area contributed by atoms with E-state index in [1.165, 1.54) is 6.07 Å². The Bertz CT molecular complexity index is 1220. The lowest BCUT2D eigenvalue weighted by Crippen LogP contribution is -2.36. The summed E-state index contributed by atoms with van der Waals surface area (Å²) in [7, 11) is 0. The first kappa shape index (κ1) is 22.9. The van der Waals surface area contributed by atoms with Crippen LogP contribution in [-0.2, 0) is 4.74 Å². The maximum atomic E-state index is 12.8. The molecule has 0 saturated carbocycles. The number of carbonyl (C=O) groups excluding carboxylic acids is 2. The molecule has 0 unspecified atom stereocenters. The van der Waals surface area contributed by atoms with E-state index < -0.39 is 10.8 Å². The maximum Gasteiger partial charge on any atom is 0.293 e. The van der Waals surface area contributed by atoms with Gasteiger partial charge >= 0.3 is 0 Å². The van der Waals surface area contributed by atoms with E-state index in [-0.39, 0.29) is 17.2 Å². The quantitative estimate of drug-likeness (QED) is 0.420. The average molecular weight is 460 g/mol. The number of anilines is 3. The lowest BCUT2D eigenvalue weighted by molar-refractivity contribution is -0.384. The van der Waals surface area contributed by atoms with Gasteiger partial charge in [-0.3, -0.25) is 19.7 Å². The second-order valence-electron chi connectivity index (χ2n) is 7.86. The third-order valence-corrected chi connectivity index (χ3v) is 5.55. The van der Waals surface area contributed by atoms with Gasteiger partial charge in [0.25, 0.3) is 17.5 Å². The van der Waals surface area contributed by atoms with E-state index in [0.29, 0.717) is 48.9 Å². The van der Waals surface area contributed by atoms with E-state index in [2.05, 4.69) is 10.6 Å². The van der Waals surface area contributed by atoms with Crippen molar-refractivity contribution in [2.24, 2.45) is 0 Å². The smallest absolute Gasteiger partial charge is 0.293 e. The van der Waals surface area contributed by atoms with Gasteiger partial charge in [0.2, 0.25) is 0 Å². The second-order valence-corrected chi connectivity index (χ2v) is 7.86. The van der Waals surface area contributed by atoms with Crippen LogP contribution in [0, 0.1) is 17.0 Å². The minimum absolute atomic E-state index is 0.121. The van der Waals surface area contributed by atoms with Crippen molar-refractivity contribution in [3.8, 4) is 0 Å². The summed E-state index contributed by atoms with van der Waals surface area (Å²) in [5, 5.41) is 17.3. The van der Waals surface area contributed by atoms with Crippen molar-refractivity contribution in [3.05, 3.63) is 93.5 Å². The highest BCUT2D eigenvalue weighted by Gasteiger charge is 2.23. The first-order chi connectivity index (χ1) is 16.4. The van der Waals surface area contributed by atoms with Crippen molar-refractivity contribution in [2.75, 3.05) is 41.8 Å². The molecule has 0 aromatic heterocycles. The standard InChI is InChI=1S/C25H24N4O5/c1-17-15-20(8-9-21(17)27-24(30)18-5-3-2-4-6-18)26-25(31)19-7-10-22(23(16-19)29(32)33)28-11-13-34-14-12-28/h2-10,15-16H,11-14H2,1H3,(H,26,31)(H,27,30). The number of benzene rings is 3. The largest absolute Gasteiger partial charge is 0.378 e. The highest BCUT2D eigenvalue weighted by molar-refractivity contribution is 6.06. The van der Waals surface area contributed by atoms with Crippen molar-refractivity contribution in [1.82, 2.24) is 0 Å². The first-order valence-electron chi connectivity index (χ1n) is 10.8. The number of rotatable bonds is 6. The number of hydrogen-bond donors (Lipinski definition) is 2. The summed E-state index contributed by atoms with van der Waals surface area (Å²) in [6, 6.07) is 18.4. The van der Waals surface area contributed by atoms with Crippen LogP contribution < -0.4 is 15.5 Å². The molecule has 174 valence electrons. The molecular formula is C25H24N4O5. The zero-order valence-corrected chi connectivity index (χ0v) is 18.6. The molecule has 2 amide bonds. The highest BCUT2D eigenvalue weighted by atomic mass is 16.6. The zero-order valence-electron chi connectivity index (χ0n) is 18.6. The number of amides is 2. The normalized spacial score (nSPS) is 13.3. The van der Waals surface area contributed by atoms with Crippen molar-refractivity contribution in [2.45, 2.75) is 6.92 Å². The number of nitro groups is 1. The van der Waals surface area contributed by atoms with Gasteiger partial charge in [0, 0.05) is 41.7 Å². The Morgan fingerprint density at radius 3 is 2.29 bits per heavy atom. The molecule has 0 radical (unpaired) electrons. The highest BCUT2D eigenvalue weighted by Crippen LogP contribution is 2.30. The summed E-state index contributed by atoms with van der Waals surface area (Å²) in [5.41, 5.74) is 2.97. The average Bonchev–Trinajstić information content (AvgIpc) is 2.86. The third-order valence-electron chi connectivity index (χ3n) is 5.55. The summed E-state index contributed by atoms with van der Waals surface area (Å²) < 4.78 is 5.31. The van der Waals surface area contributed by atoms with Crippen LogP contribution in [0.25, 0.3) is 0 Å². The van der Waals surface area contributed by atoms with Crippen molar-refractivity contribution < 1.29 is 19.2 Å². The van der Waals surface area contributed by atoms with Gasteiger partial charge in [-0.2, -0.15) is 0 Å². The molecule has 0 atom stereocenters. The van der Waals surface area contributed by atoms with Gasteiger partial charge in [0.05, 0.1) is 18.1 Å². The number of hydrogen-bond acceptors (Lipinski definition) is 6. The van der Waals surface area contributed by atoms with Gasteiger partial charge in [0.1, 0.15) is 5.69 Å². The Balaban J connectivity index is 1.48. The van der Waals surface area contributed by atoms with Crippen LogP contribution in [0.4, 0.5) is 22.7 Å². The van der Waals surface area contributed by atoms with Gasteiger partial charge in [-0.05, 0) is 55.0 Å². The fourth-order valence-electron chi connectivity index (χ4n) is 3.75. The van der Waals surface area contributed by atoms with Gasteiger partial charge in [-0.25, -0.2) is 0 Å². The Kier molecular flexibility index (Phi) is 6.84. The van der Waals surface area contributed by atoms with Gasteiger partial charge in [-0.15, -0.1) is 0 Å². The summed E-state index contributed by atoms with van der Waals surface area (Å²) in [6.07, 6.45) is 0. The molecule has 1 saturated heterocycles. The predicted molar refractivity (Wildman–Crippen MR) is 130 cm³/mol. The predicted octanol–water partition coefficient (Wildman–Crippen LogP) is 4.24. The number of nitro benzene ring substituents is 1. The molecule has 4 rings (SSSR count). The van der Waals surface area contributed by atoms with E-state index in [1.807, 2.05) is 17.9 Å². The summed E-state index contributed by atoms with van der Waals surface area (Å²) in [4.78, 5) is 38.3. The number of ether oxygens (including phenoxy) is 1. The SMILES string of the molecule is Cc1cc(NC(=O)c2ccc(N3CCOCC3)c([N+](=O)[O-])c2)ccc1NC(=O)c1ccccc1. The molecule has 1 heterocycles. The minimum Gasteiger partial charge on any atom is -0.378 e. The molecule has 2 N–H and O–H groups in total. The van der Waals surface area contributed by atoms with Gasteiger partial charge in [0.15, 0.2) is 0 Å². The molecule has 3 aromatic carbocycles. The maximum absolute atomic E-state index is 12.8. The van der Waals surface area contributed by atoms with Crippen LogP contribution in [0.5, 0.6) is 0 Å². The summed E-state index contributed by atoms with van der Waals surface area (Å²) in [6.45, 7) is 3.93. The number of aryl methyl sites for hydroxylation is 1. The Hall–Kier alpha value is -4.24. The first-order valence-corrected chi connectivity index (χ1v) is 10.8. The molecule has 1 aliphatic heterocycles. The third kappa shape index (κ3) is 5.21. The van der Waals surface area contributed by atoms with Crippen LogP contribution >= 0.6 is 0 Å². The fraction of sp³-hybridized carbons (Fsp3) is 0.200. The molecule has 0 spiro atoms. The van der Waals surface area contributed by atoms with Crippen molar-refractivity contribution >= 4 is 34.6 Å². The molecule has 1 aliphatic rings. The van der Waals surface area contributed by atoms with Crippen LogP contribution in [0.2, 0.25) is 0 Å². The number of nitrogens with one attached hydrogen (secondary N) is 2. The second kappa shape index (κ2) is 10.1. The lowest BCUT2D eigenvalue weighted by atomic mass is 10.1. The fourth-order valence-corrected chi connectivity index (χ4v) is 3.75. The molecule has 0 bridgehead atoms.